The maximum Gasteiger partial charge on any atom is 0.0555 e. The van der Waals surface area contributed by atoms with Gasteiger partial charge in [0.1, 0.15) is 0 Å². The molecule has 4 heteroatoms. The zero-order valence-electron chi connectivity index (χ0n) is 6.40. The van der Waals surface area contributed by atoms with E-state index in [1.807, 2.05) is 16.9 Å². The van der Waals surface area contributed by atoms with Crippen molar-refractivity contribution in [3.63, 3.8) is 0 Å². The van der Waals surface area contributed by atoms with Crippen LogP contribution >= 0.6 is 0 Å². The molecule has 11 heavy (non-hydrogen) atoms. The van der Waals surface area contributed by atoms with E-state index in [1.54, 1.807) is 6.20 Å². The molecule has 0 aliphatic carbocycles. The Labute approximate surface area is 65.8 Å². The van der Waals surface area contributed by atoms with Crippen molar-refractivity contribution in [3.05, 3.63) is 18.5 Å². The summed E-state index contributed by atoms with van der Waals surface area (Å²) in [5, 5.41) is 15.5. The van der Waals surface area contributed by atoms with E-state index in [4.69, 9.17) is 5.11 Å². The van der Waals surface area contributed by atoms with Crippen LogP contribution in [0.3, 0.4) is 0 Å². The minimum absolute atomic E-state index is 0.194. The van der Waals surface area contributed by atoms with Crippen molar-refractivity contribution in [2.75, 3.05) is 19.7 Å². The fourth-order valence-electron chi connectivity index (χ4n) is 0.830. The van der Waals surface area contributed by atoms with Crippen LogP contribution in [0, 0.1) is 0 Å². The number of aromatic nitrogens is 2. The van der Waals surface area contributed by atoms with Gasteiger partial charge in [-0.2, -0.15) is 5.10 Å². The van der Waals surface area contributed by atoms with Crippen molar-refractivity contribution >= 4 is 0 Å². The molecule has 1 heterocycles. The molecule has 0 atom stereocenters. The lowest BCUT2D eigenvalue weighted by Gasteiger charge is -2.01. The van der Waals surface area contributed by atoms with Gasteiger partial charge in [-0.15, -0.1) is 0 Å². The van der Waals surface area contributed by atoms with Crippen LogP contribution in [0.5, 0.6) is 0 Å². The standard InChI is InChI=1S/C7H13N3O/c11-7-4-8-3-6-10-5-1-2-9-10/h1-2,5,8,11H,3-4,6-7H2. The first-order valence-electron chi connectivity index (χ1n) is 3.72. The van der Waals surface area contributed by atoms with Gasteiger partial charge in [-0.05, 0) is 6.07 Å². The molecule has 2 N–H and O–H groups in total. The fraction of sp³-hybridized carbons (Fsp3) is 0.571. The van der Waals surface area contributed by atoms with Crippen LogP contribution in [0.25, 0.3) is 0 Å². The van der Waals surface area contributed by atoms with E-state index in [9.17, 15) is 0 Å². The number of hydrogen-bond acceptors (Lipinski definition) is 3. The highest BCUT2D eigenvalue weighted by Crippen LogP contribution is 1.81. The topological polar surface area (TPSA) is 50.1 Å². The van der Waals surface area contributed by atoms with Crippen LogP contribution in [0.15, 0.2) is 18.5 Å². The summed E-state index contributed by atoms with van der Waals surface area (Å²) in [6, 6.07) is 1.89. The van der Waals surface area contributed by atoms with Crippen molar-refractivity contribution in [1.29, 1.82) is 0 Å². The Balaban J connectivity index is 2.04. The zero-order valence-corrected chi connectivity index (χ0v) is 6.40. The Morgan fingerprint density at radius 3 is 3.00 bits per heavy atom. The van der Waals surface area contributed by atoms with Gasteiger partial charge in [0.2, 0.25) is 0 Å². The summed E-state index contributed by atoms with van der Waals surface area (Å²) < 4.78 is 1.85. The first kappa shape index (κ1) is 8.23. The second-order valence-corrected chi connectivity index (χ2v) is 2.24. The molecular weight excluding hydrogens is 142 g/mol. The molecule has 0 spiro atoms. The summed E-state index contributed by atoms with van der Waals surface area (Å²) in [6.45, 7) is 2.55. The Bertz CT molecular complexity index is 174. The molecule has 0 radical (unpaired) electrons. The number of nitrogens with one attached hydrogen (secondary N) is 1. The molecule has 1 rings (SSSR count). The van der Waals surface area contributed by atoms with Crippen molar-refractivity contribution in [2.45, 2.75) is 6.54 Å². The lowest BCUT2D eigenvalue weighted by Crippen LogP contribution is -2.23. The molecule has 1 aromatic rings. The van der Waals surface area contributed by atoms with Crippen LogP contribution in [0.2, 0.25) is 0 Å². The Morgan fingerprint density at radius 2 is 2.36 bits per heavy atom. The maximum atomic E-state index is 8.44. The van der Waals surface area contributed by atoms with Gasteiger partial charge in [0.15, 0.2) is 0 Å². The summed E-state index contributed by atoms with van der Waals surface area (Å²) in [7, 11) is 0. The van der Waals surface area contributed by atoms with Crippen molar-refractivity contribution in [2.24, 2.45) is 0 Å². The number of rotatable bonds is 5. The van der Waals surface area contributed by atoms with Crippen LogP contribution in [0.4, 0.5) is 0 Å². The van der Waals surface area contributed by atoms with E-state index in [2.05, 4.69) is 10.4 Å². The van der Waals surface area contributed by atoms with E-state index in [0.717, 1.165) is 13.1 Å². The van der Waals surface area contributed by atoms with Crippen molar-refractivity contribution in [1.82, 2.24) is 15.1 Å². The van der Waals surface area contributed by atoms with Gasteiger partial charge in [-0.25, -0.2) is 0 Å². The number of aliphatic hydroxyl groups is 1. The number of nitrogens with zero attached hydrogens (tertiary/aromatic N) is 2. The highest BCUT2D eigenvalue weighted by atomic mass is 16.3. The fourth-order valence-corrected chi connectivity index (χ4v) is 0.830. The monoisotopic (exact) mass is 155 g/mol. The van der Waals surface area contributed by atoms with E-state index >= 15 is 0 Å². The quantitative estimate of drug-likeness (QED) is 0.562. The Morgan fingerprint density at radius 1 is 1.45 bits per heavy atom. The van der Waals surface area contributed by atoms with Gasteiger partial charge < -0.3 is 10.4 Å². The largest absolute Gasteiger partial charge is 0.395 e. The van der Waals surface area contributed by atoms with Gasteiger partial charge in [-0.1, -0.05) is 0 Å². The molecular formula is C7H13N3O. The van der Waals surface area contributed by atoms with Gasteiger partial charge in [0.25, 0.3) is 0 Å². The summed E-state index contributed by atoms with van der Waals surface area (Å²) in [5.41, 5.74) is 0. The van der Waals surface area contributed by atoms with E-state index < -0.39 is 0 Å². The van der Waals surface area contributed by atoms with Gasteiger partial charge in [0, 0.05) is 25.5 Å². The molecule has 4 nitrogen and oxygen atoms in total. The van der Waals surface area contributed by atoms with Gasteiger partial charge >= 0.3 is 0 Å². The second-order valence-electron chi connectivity index (χ2n) is 2.24. The van der Waals surface area contributed by atoms with E-state index in [-0.39, 0.29) is 6.61 Å². The molecule has 0 unspecified atom stereocenters. The summed E-state index contributed by atoms with van der Waals surface area (Å²) in [4.78, 5) is 0. The Hall–Kier alpha value is -0.870. The molecule has 62 valence electrons. The third kappa shape index (κ3) is 3.15. The number of hydrogen-bond donors (Lipinski definition) is 2. The van der Waals surface area contributed by atoms with Crippen LogP contribution in [-0.4, -0.2) is 34.6 Å². The lowest BCUT2D eigenvalue weighted by atomic mass is 10.6. The molecule has 0 bridgehead atoms. The molecule has 0 fully saturated rings. The summed E-state index contributed by atoms with van der Waals surface area (Å²) >= 11 is 0. The maximum absolute atomic E-state index is 8.44. The van der Waals surface area contributed by atoms with Gasteiger partial charge in [0.05, 0.1) is 13.2 Å². The smallest absolute Gasteiger partial charge is 0.0555 e. The Kier molecular flexibility index (Phi) is 3.64. The zero-order chi connectivity index (χ0) is 7.94. The third-order valence-electron chi connectivity index (χ3n) is 1.37. The van der Waals surface area contributed by atoms with E-state index in [1.165, 1.54) is 0 Å². The van der Waals surface area contributed by atoms with Crippen LogP contribution in [-0.2, 0) is 6.54 Å². The predicted molar refractivity (Wildman–Crippen MR) is 42.2 cm³/mol. The van der Waals surface area contributed by atoms with Crippen LogP contribution in [0.1, 0.15) is 0 Å². The van der Waals surface area contributed by atoms with Crippen molar-refractivity contribution < 1.29 is 5.11 Å². The highest BCUT2D eigenvalue weighted by Gasteiger charge is 1.88. The molecule has 0 saturated carbocycles. The number of aliphatic hydroxyl groups excluding tert-OH is 1. The SMILES string of the molecule is OCCNCCn1cccn1. The average Bonchev–Trinajstić information content (AvgIpc) is 2.50. The molecule has 0 saturated heterocycles. The molecule has 1 aromatic heterocycles. The first-order valence-corrected chi connectivity index (χ1v) is 3.72. The minimum Gasteiger partial charge on any atom is -0.395 e. The predicted octanol–water partition coefficient (Wildman–Crippen LogP) is -0.535. The van der Waals surface area contributed by atoms with Crippen LogP contribution < -0.4 is 5.32 Å². The summed E-state index contributed by atoms with van der Waals surface area (Å²) in [5.74, 6) is 0. The molecule has 0 aliphatic heterocycles. The normalized spacial score (nSPS) is 10.3. The average molecular weight is 155 g/mol. The molecule has 0 amide bonds. The van der Waals surface area contributed by atoms with Crippen molar-refractivity contribution in [3.8, 4) is 0 Å². The second kappa shape index (κ2) is 4.87. The summed E-state index contributed by atoms with van der Waals surface area (Å²) in [6.07, 6.45) is 3.67. The molecule has 0 aliphatic rings. The third-order valence-corrected chi connectivity index (χ3v) is 1.37. The lowest BCUT2D eigenvalue weighted by molar-refractivity contribution is 0.291. The molecule has 0 aromatic carbocycles. The van der Waals surface area contributed by atoms with E-state index in [0.29, 0.717) is 6.54 Å². The van der Waals surface area contributed by atoms with Gasteiger partial charge in [-0.3, -0.25) is 4.68 Å². The first-order chi connectivity index (χ1) is 5.43. The highest BCUT2D eigenvalue weighted by molar-refractivity contribution is 4.77. The minimum atomic E-state index is 0.194.